The Hall–Kier alpha value is -3.75. The molecule has 0 unspecified atom stereocenters. The Bertz CT molecular complexity index is 1010. The molecule has 1 N–H and O–H groups in total. The predicted octanol–water partition coefficient (Wildman–Crippen LogP) is 3.18. The number of ether oxygens (including phenoxy) is 2. The van der Waals surface area contributed by atoms with Gasteiger partial charge in [0.2, 0.25) is 0 Å². The largest absolute Gasteiger partial charge is 0.492 e. The van der Waals surface area contributed by atoms with Crippen molar-refractivity contribution in [2.75, 3.05) is 11.9 Å². The summed E-state index contributed by atoms with van der Waals surface area (Å²) in [6.07, 6.45) is 0. The lowest BCUT2D eigenvalue weighted by atomic mass is 10.3. The number of carbonyl (C=O) groups excluding carboxylic acids is 1. The number of alkyl halides is 2. The molecule has 29 heavy (non-hydrogen) atoms. The molecule has 2 aromatic carbocycles. The Labute approximate surface area is 164 Å². The van der Waals surface area contributed by atoms with E-state index in [4.69, 9.17) is 4.74 Å². The third-order valence-electron chi connectivity index (χ3n) is 3.75. The van der Waals surface area contributed by atoms with Gasteiger partial charge in [-0.2, -0.15) is 13.9 Å². The van der Waals surface area contributed by atoms with E-state index in [0.29, 0.717) is 11.4 Å². The number of benzene rings is 2. The number of aromatic nitrogens is 2. The standard InChI is InChI=1S/C20H17F2N3O4/c21-20(22)29-16-8-6-14(7-9-16)23-19(27)17-10-11-18(26)25(24-17)12-13-28-15-4-2-1-3-5-15/h1-11,20H,12-13H2,(H,23,27). The van der Waals surface area contributed by atoms with Crippen LogP contribution in [0.25, 0.3) is 0 Å². The van der Waals surface area contributed by atoms with Gasteiger partial charge in [-0.3, -0.25) is 9.59 Å². The maximum absolute atomic E-state index is 12.4. The van der Waals surface area contributed by atoms with E-state index >= 15 is 0 Å². The second-order valence-corrected chi connectivity index (χ2v) is 5.80. The minimum Gasteiger partial charge on any atom is -0.492 e. The van der Waals surface area contributed by atoms with Gasteiger partial charge in [0.05, 0.1) is 6.54 Å². The number of carbonyl (C=O) groups is 1. The van der Waals surface area contributed by atoms with Crippen LogP contribution in [0.2, 0.25) is 0 Å². The number of amides is 1. The molecule has 3 aromatic rings. The first kappa shape index (κ1) is 20.0. The van der Waals surface area contributed by atoms with Crippen molar-refractivity contribution in [3.8, 4) is 11.5 Å². The van der Waals surface area contributed by atoms with Crippen molar-refractivity contribution in [2.24, 2.45) is 0 Å². The molecular formula is C20H17F2N3O4. The molecule has 0 saturated carbocycles. The number of anilines is 1. The van der Waals surface area contributed by atoms with E-state index in [0.717, 1.165) is 4.68 Å². The highest BCUT2D eigenvalue weighted by Crippen LogP contribution is 2.18. The first-order chi connectivity index (χ1) is 14.0. The van der Waals surface area contributed by atoms with Gasteiger partial charge in [-0.05, 0) is 42.5 Å². The highest BCUT2D eigenvalue weighted by Gasteiger charge is 2.11. The van der Waals surface area contributed by atoms with E-state index in [1.165, 1.54) is 36.4 Å². The Balaban J connectivity index is 1.62. The first-order valence-corrected chi connectivity index (χ1v) is 8.63. The smallest absolute Gasteiger partial charge is 0.387 e. The minimum atomic E-state index is -2.92. The molecule has 0 radical (unpaired) electrons. The Morgan fingerprint density at radius 1 is 1.00 bits per heavy atom. The number of nitrogens with zero attached hydrogens (tertiary/aromatic N) is 2. The monoisotopic (exact) mass is 401 g/mol. The number of rotatable bonds is 8. The van der Waals surface area contributed by atoms with Crippen molar-refractivity contribution in [3.63, 3.8) is 0 Å². The minimum absolute atomic E-state index is 0.0249. The van der Waals surface area contributed by atoms with E-state index in [9.17, 15) is 18.4 Å². The maximum Gasteiger partial charge on any atom is 0.387 e. The number of nitrogens with one attached hydrogen (secondary N) is 1. The van der Waals surface area contributed by atoms with Crippen molar-refractivity contribution in [3.05, 3.63) is 82.8 Å². The fourth-order valence-corrected chi connectivity index (χ4v) is 2.41. The van der Waals surface area contributed by atoms with Crippen molar-refractivity contribution < 1.29 is 23.0 Å². The summed E-state index contributed by atoms with van der Waals surface area (Å²) in [5, 5.41) is 6.62. The van der Waals surface area contributed by atoms with Gasteiger partial charge in [0, 0.05) is 11.8 Å². The third-order valence-corrected chi connectivity index (χ3v) is 3.75. The van der Waals surface area contributed by atoms with Crippen molar-refractivity contribution in [1.82, 2.24) is 9.78 Å². The van der Waals surface area contributed by atoms with Crippen molar-refractivity contribution >= 4 is 11.6 Å². The summed E-state index contributed by atoms with van der Waals surface area (Å²) >= 11 is 0. The second kappa shape index (κ2) is 9.45. The van der Waals surface area contributed by atoms with Crippen LogP contribution in [-0.4, -0.2) is 28.9 Å². The molecule has 3 rings (SSSR count). The van der Waals surface area contributed by atoms with Crippen molar-refractivity contribution in [1.29, 1.82) is 0 Å². The average Bonchev–Trinajstić information content (AvgIpc) is 2.71. The van der Waals surface area contributed by atoms with Crippen LogP contribution in [0.3, 0.4) is 0 Å². The van der Waals surface area contributed by atoms with E-state index < -0.39 is 12.5 Å². The quantitative estimate of drug-likeness (QED) is 0.627. The van der Waals surface area contributed by atoms with Gasteiger partial charge in [0.25, 0.3) is 11.5 Å². The zero-order valence-corrected chi connectivity index (χ0v) is 15.1. The summed E-state index contributed by atoms with van der Waals surface area (Å²) in [6.45, 7) is -2.56. The summed E-state index contributed by atoms with van der Waals surface area (Å²) in [7, 11) is 0. The van der Waals surface area contributed by atoms with Gasteiger partial charge in [-0.15, -0.1) is 0 Å². The van der Waals surface area contributed by atoms with Crippen LogP contribution < -0.4 is 20.3 Å². The molecule has 0 aliphatic rings. The lowest BCUT2D eigenvalue weighted by Crippen LogP contribution is -2.28. The summed E-state index contributed by atoms with van der Waals surface area (Å²) in [4.78, 5) is 24.3. The number of hydrogen-bond donors (Lipinski definition) is 1. The van der Waals surface area contributed by atoms with Crippen LogP contribution in [-0.2, 0) is 6.54 Å². The van der Waals surface area contributed by atoms with Crippen LogP contribution in [0.1, 0.15) is 10.5 Å². The lowest BCUT2D eigenvalue weighted by molar-refractivity contribution is -0.0498. The summed E-state index contributed by atoms with van der Waals surface area (Å²) < 4.78 is 35.3. The van der Waals surface area contributed by atoms with Crippen LogP contribution in [0.5, 0.6) is 11.5 Å². The lowest BCUT2D eigenvalue weighted by Gasteiger charge is -2.10. The molecule has 150 valence electrons. The molecule has 7 nitrogen and oxygen atoms in total. The van der Waals surface area contributed by atoms with Gasteiger partial charge in [0.15, 0.2) is 0 Å². The van der Waals surface area contributed by atoms with Crippen LogP contribution in [0, 0.1) is 0 Å². The molecule has 9 heteroatoms. The van der Waals surface area contributed by atoms with Gasteiger partial charge in [-0.25, -0.2) is 4.68 Å². The molecule has 0 atom stereocenters. The first-order valence-electron chi connectivity index (χ1n) is 8.63. The van der Waals surface area contributed by atoms with Crippen LogP contribution >= 0.6 is 0 Å². The normalized spacial score (nSPS) is 10.6. The molecule has 1 amide bonds. The molecule has 0 saturated heterocycles. The van der Waals surface area contributed by atoms with Crippen molar-refractivity contribution in [2.45, 2.75) is 13.2 Å². The van der Waals surface area contributed by atoms with Gasteiger partial charge >= 0.3 is 6.61 Å². The fraction of sp³-hybridized carbons (Fsp3) is 0.150. The molecule has 0 bridgehead atoms. The molecule has 1 heterocycles. The van der Waals surface area contributed by atoms with Gasteiger partial charge in [0.1, 0.15) is 23.8 Å². The van der Waals surface area contributed by atoms with Crippen LogP contribution in [0.4, 0.5) is 14.5 Å². The summed E-state index contributed by atoms with van der Waals surface area (Å²) in [6, 6.07) is 17.1. The molecule has 1 aromatic heterocycles. The average molecular weight is 401 g/mol. The Kier molecular flexibility index (Phi) is 6.51. The molecule has 0 aliphatic heterocycles. The summed E-state index contributed by atoms with van der Waals surface area (Å²) in [5.41, 5.74) is 0.0208. The maximum atomic E-state index is 12.4. The predicted molar refractivity (Wildman–Crippen MR) is 101 cm³/mol. The van der Waals surface area contributed by atoms with E-state index in [2.05, 4.69) is 15.2 Å². The summed E-state index contributed by atoms with van der Waals surface area (Å²) in [5.74, 6) is 0.0852. The van der Waals surface area contributed by atoms with Gasteiger partial charge < -0.3 is 14.8 Å². The van der Waals surface area contributed by atoms with E-state index in [1.54, 1.807) is 12.1 Å². The molecular weight excluding hydrogens is 384 g/mol. The molecule has 0 fully saturated rings. The SMILES string of the molecule is O=C(Nc1ccc(OC(F)F)cc1)c1ccc(=O)n(CCOc2ccccc2)n1. The highest BCUT2D eigenvalue weighted by molar-refractivity contribution is 6.02. The van der Waals surface area contributed by atoms with Gasteiger partial charge in [-0.1, -0.05) is 18.2 Å². The fourth-order valence-electron chi connectivity index (χ4n) is 2.41. The second-order valence-electron chi connectivity index (χ2n) is 5.80. The van der Waals surface area contributed by atoms with E-state index in [-0.39, 0.29) is 30.2 Å². The third kappa shape index (κ3) is 5.86. The molecule has 0 aliphatic carbocycles. The topological polar surface area (TPSA) is 82.5 Å². The number of halogens is 2. The molecule has 0 spiro atoms. The zero-order chi connectivity index (χ0) is 20.6. The van der Waals surface area contributed by atoms with Crippen LogP contribution in [0.15, 0.2) is 71.5 Å². The Morgan fingerprint density at radius 3 is 2.41 bits per heavy atom. The number of para-hydroxylation sites is 1. The zero-order valence-electron chi connectivity index (χ0n) is 15.1. The Morgan fingerprint density at radius 2 is 1.72 bits per heavy atom. The highest BCUT2D eigenvalue weighted by atomic mass is 19.3. The number of hydrogen-bond acceptors (Lipinski definition) is 5. The van der Waals surface area contributed by atoms with E-state index in [1.807, 2.05) is 18.2 Å².